The number of benzene rings is 10. The molecule has 1 aliphatic heterocycles. The quantitative estimate of drug-likeness (QED) is 0.177. The van der Waals surface area contributed by atoms with Crippen molar-refractivity contribution in [3.63, 3.8) is 0 Å². The summed E-state index contributed by atoms with van der Waals surface area (Å²) in [5.74, 6) is 0.683. The van der Waals surface area contributed by atoms with E-state index in [2.05, 4.69) is 206 Å². The summed E-state index contributed by atoms with van der Waals surface area (Å²) >= 11 is 1.81. The first kappa shape index (κ1) is 39.9. The van der Waals surface area contributed by atoms with Gasteiger partial charge in [0.05, 0.1) is 16.8 Å². The lowest BCUT2D eigenvalue weighted by Crippen LogP contribution is -2.26. The molecule has 0 amide bonds. The minimum Gasteiger partial charge on any atom is -0.456 e. The van der Waals surface area contributed by atoms with Crippen molar-refractivity contribution in [3.05, 3.63) is 257 Å². The molecule has 0 saturated carbocycles. The zero-order valence-corrected chi connectivity index (χ0v) is 39.6. The van der Waals surface area contributed by atoms with E-state index in [0.29, 0.717) is 12.3 Å². The van der Waals surface area contributed by atoms with E-state index in [9.17, 15) is 0 Å². The van der Waals surface area contributed by atoms with Gasteiger partial charge in [0.25, 0.3) is 0 Å². The zero-order chi connectivity index (χ0) is 47.1. The Balaban J connectivity index is 0.915. The van der Waals surface area contributed by atoms with Gasteiger partial charge in [-0.2, -0.15) is 0 Å². The normalized spacial score (nSPS) is 14.6. The molecule has 10 aromatic carbocycles. The van der Waals surface area contributed by atoms with E-state index < -0.39 is 5.41 Å². The second-order valence-electron chi connectivity index (χ2n) is 19.3. The number of hydrogen-bond acceptors (Lipinski definition) is 5. The molecular formula is C67H40N2O2S. The predicted octanol–water partition coefficient (Wildman–Crippen LogP) is 17.9. The smallest absolute Gasteiger partial charge is 0.160 e. The summed E-state index contributed by atoms with van der Waals surface area (Å²) in [5, 5.41) is 6.65. The van der Waals surface area contributed by atoms with Crippen LogP contribution in [0.2, 0.25) is 0 Å². The van der Waals surface area contributed by atoms with Crippen LogP contribution in [-0.2, 0) is 5.41 Å². The number of allylic oxidation sites excluding steroid dienone is 1. The van der Waals surface area contributed by atoms with Crippen LogP contribution in [0.25, 0.3) is 103 Å². The molecule has 3 aromatic heterocycles. The summed E-state index contributed by atoms with van der Waals surface area (Å²) in [5.41, 5.74) is 20.7. The highest BCUT2D eigenvalue weighted by atomic mass is 32.1. The van der Waals surface area contributed by atoms with E-state index >= 15 is 0 Å². The van der Waals surface area contributed by atoms with Gasteiger partial charge in [0.2, 0.25) is 0 Å². The molecular weight excluding hydrogens is 897 g/mol. The number of rotatable bonds is 4. The van der Waals surface area contributed by atoms with Gasteiger partial charge < -0.3 is 8.83 Å². The molecule has 336 valence electrons. The monoisotopic (exact) mass is 936 g/mol. The molecule has 0 saturated heterocycles. The Morgan fingerprint density at radius 1 is 0.389 bits per heavy atom. The van der Waals surface area contributed by atoms with Crippen LogP contribution in [0.1, 0.15) is 51.8 Å². The number of para-hydroxylation sites is 1. The van der Waals surface area contributed by atoms with Crippen LogP contribution < -0.4 is 0 Å². The Hall–Kier alpha value is -8.90. The third kappa shape index (κ3) is 5.46. The average molecular weight is 937 g/mol. The summed E-state index contributed by atoms with van der Waals surface area (Å²) in [7, 11) is 0. The van der Waals surface area contributed by atoms with Crippen molar-refractivity contribution >= 4 is 92.6 Å². The van der Waals surface area contributed by atoms with Gasteiger partial charge >= 0.3 is 0 Å². The van der Waals surface area contributed by atoms with Crippen LogP contribution in [0.15, 0.2) is 237 Å². The molecule has 16 rings (SSSR count). The van der Waals surface area contributed by atoms with Gasteiger partial charge in [-0.3, -0.25) is 0 Å². The van der Waals surface area contributed by atoms with Crippen LogP contribution in [0.4, 0.5) is 0 Å². The van der Waals surface area contributed by atoms with Crippen molar-refractivity contribution in [2.24, 2.45) is 9.98 Å². The molecule has 2 aliphatic carbocycles. The summed E-state index contributed by atoms with van der Waals surface area (Å²) in [6.45, 7) is 0. The molecule has 0 N–H and O–H groups in total. The fourth-order valence-corrected chi connectivity index (χ4v) is 13.9. The Bertz CT molecular complexity index is 4530. The van der Waals surface area contributed by atoms with Crippen molar-refractivity contribution < 1.29 is 8.83 Å². The highest BCUT2D eigenvalue weighted by Gasteiger charge is 2.52. The van der Waals surface area contributed by atoms with Gasteiger partial charge in [-0.1, -0.05) is 176 Å². The lowest BCUT2D eigenvalue weighted by Gasteiger charge is -2.32. The molecule has 5 heteroatoms. The molecule has 0 radical (unpaired) electrons. The minimum absolute atomic E-state index is 0.475. The van der Waals surface area contributed by atoms with Crippen molar-refractivity contribution in [3.8, 4) is 33.4 Å². The first-order chi connectivity index (χ1) is 35.7. The van der Waals surface area contributed by atoms with E-state index in [-0.39, 0.29) is 0 Å². The number of fused-ring (bicyclic) bond motifs is 19. The summed E-state index contributed by atoms with van der Waals surface area (Å²) in [6.07, 6.45) is 3.73. The van der Waals surface area contributed by atoms with Gasteiger partial charge in [0, 0.05) is 58.4 Å². The molecule has 0 fully saturated rings. The van der Waals surface area contributed by atoms with Crippen LogP contribution in [0.5, 0.6) is 0 Å². The molecule has 0 atom stereocenters. The SMILES string of the molecule is C1=C(c2cccc3oc4ccccc4c23)N=C(c2cccc3sc4ccccc4c23)N=C(c2cccc3oc4ccc(-c5cccc6c5C5(c7ccccc7-c7ccccc75)c5ccccc5-6)cc4c23)CC1. The lowest BCUT2D eigenvalue weighted by atomic mass is 9.68. The molecule has 0 unspecified atom stereocenters. The standard InChI is InChI=1S/C67H40N2O2S/c1-6-26-51-41(16-1)42-17-2-7-27-52(42)67(51)53-28-8-3-18-43(53)44-22-11-21-40(65(44)67)39-36-37-57-50(38-39)63-46(24-13-33-59(63)71-57)55-30-15-29-54(45-23-12-32-58-62(45)47-19-4-9-31-56(47)70-58)68-66(69-55)49-25-14-35-61-64(49)48-20-5-10-34-60(48)72-61/h1-14,16-29,31-38H,15,30H2. The first-order valence-corrected chi connectivity index (χ1v) is 25.6. The Labute approximate surface area is 418 Å². The number of aliphatic imine (C=N–C) groups is 2. The fraction of sp³-hybridized carbons (Fsp3) is 0.0448. The molecule has 72 heavy (non-hydrogen) atoms. The van der Waals surface area contributed by atoms with Gasteiger partial charge in [0.15, 0.2) is 5.84 Å². The Morgan fingerprint density at radius 2 is 0.931 bits per heavy atom. The maximum atomic E-state index is 6.81. The number of thiophene rings is 1. The largest absolute Gasteiger partial charge is 0.456 e. The van der Waals surface area contributed by atoms with Gasteiger partial charge in [0.1, 0.15) is 22.3 Å². The number of nitrogens with zero attached hydrogens (tertiary/aromatic N) is 2. The molecule has 4 heterocycles. The second-order valence-corrected chi connectivity index (χ2v) is 20.4. The number of hydrogen-bond donors (Lipinski definition) is 0. The molecule has 1 spiro atoms. The highest BCUT2D eigenvalue weighted by molar-refractivity contribution is 7.25. The Morgan fingerprint density at radius 3 is 1.71 bits per heavy atom. The first-order valence-electron chi connectivity index (χ1n) is 24.8. The Kier molecular flexibility index (Phi) is 8.34. The van der Waals surface area contributed by atoms with Gasteiger partial charge in [-0.05, 0) is 111 Å². The highest BCUT2D eigenvalue weighted by Crippen LogP contribution is 2.64. The summed E-state index contributed by atoms with van der Waals surface area (Å²) in [4.78, 5) is 11.4. The molecule has 0 bridgehead atoms. The second kappa shape index (κ2) is 15.1. The van der Waals surface area contributed by atoms with Crippen molar-refractivity contribution in [2.45, 2.75) is 18.3 Å². The van der Waals surface area contributed by atoms with Crippen molar-refractivity contribution in [2.75, 3.05) is 0 Å². The third-order valence-corrected chi connectivity index (χ3v) is 16.8. The summed E-state index contributed by atoms with van der Waals surface area (Å²) < 4.78 is 15.7. The van der Waals surface area contributed by atoms with E-state index in [0.717, 1.165) is 84.0 Å². The van der Waals surface area contributed by atoms with Gasteiger partial charge in [-0.15, -0.1) is 11.3 Å². The van der Waals surface area contributed by atoms with E-state index in [1.807, 2.05) is 23.5 Å². The molecule has 3 aliphatic rings. The van der Waals surface area contributed by atoms with Crippen LogP contribution >= 0.6 is 11.3 Å². The van der Waals surface area contributed by atoms with Crippen LogP contribution in [0, 0.1) is 0 Å². The third-order valence-electron chi connectivity index (χ3n) is 15.6. The maximum Gasteiger partial charge on any atom is 0.160 e. The van der Waals surface area contributed by atoms with E-state index in [1.54, 1.807) is 0 Å². The van der Waals surface area contributed by atoms with Crippen molar-refractivity contribution in [1.82, 2.24) is 0 Å². The van der Waals surface area contributed by atoms with Crippen LogP contribution in [0.3, 0.4) is 0 Å². The number of furan rings is 2. The number of amidine groups is 1. The lowest BCUT2D eigenvalue weighted by molar-refractivity contribution is 0.668. The van der Waals surface area contributed by atoms with Gasteiger partial charge in [-0.25, -0.2) is 9.98 Å². The van der Waals surface area contributed by atoms with Crippen LogP contribution in [-0.4, -0.2) is 11.5 Å². The van der Waals surface area contributed by atoms with Crippen molar-refractivity contribution in [1.29, 1.82) is 0 Å². The molecule has 4 nitrogen and oxygen atoms in total. The van der Waals surface area contributed by atoms with E-state index in [1.165, 1.54) is 70.2 Å². The molecule has 13 aromatic rings. The summed E-state index contributed by atoms with van der Waals surface area (Å²) in [6, 6.07) is 77.0. The zero-order valence-electron chi connectivity index (χ0n) is 38.8. The topological polar surface area (TPSA) is 51.0 Å². The van der Waals surface area contributed by atoms with E-state index in [4.69, 9.17) is 18.8 Å². The maximum absolute atomic E-state index is 6.81. The average Bonchev–Trinajstić information content (AvgIpc) is 4.24. The predicted molar refractivity (Wildman–Crippen MR) is 299 cm³/mol. The fourth-order valence-electron chi connectivity index (χ4n) is 12.8. The minimum atomic E-state index is -0.475.